The first-order valence-corrected chi connectivity index (χ1v) is 32.1. The number of carbonyl (C=O) groups is 10. The lowest BCUT2D eigenvalue weighted by atomic mass is 9.84. The van der Waals surface area contributed by atoms with Gasteiger partial charge in [0.25, 0.3) is 0 Å². The average Bonchev–Trinajstić information content (AvgIpc) is 1.82. The van der Waals surface area contributed by atoms with Crippen LogP contribution in [0.5, 0.6) is 0 Å². The highest BCUT2D eigenvalue weighted by atomic mass is 16.4. The van der Waals surface area contributed by atoms with Gasteiger partial charge in [0.2, 0.25) is 23.6 Å². The monoisotopic (exact) mass is 1300 g/mol. The first-order valence-electron chi connectivity index (χ1n) is 32.1. The van der Waals surface area contributed by atoms with Crippen molar-refractivity contribution >= 4 is 69.4 Å². The lowest BCUT2D eigenvalue weighted by Gasteiger charge is -2.31. The number of aromatic nitrogens is 1. The van der Waals surface area contributed by atoms with Crippen LogP contribution in [0.4, 0.5) is 0 Å². The molecule has 0 spiro atoms. The molecule has 0 fully saturated rings. The molecule has 3 aromatic carbocycles. The summed E-state index contributed by atoms with van der Waals surface area (Å²) in [7, 11) is 0. The average molecular weight is 1300 g/mol. The number of rotatable bonds is 49. The van der Waals surface area contributed by atoms with Gasteiger partial charge in [0.15, 0.2) is 28.9 Å². The Kier molecular flexibility index (Phi) is 35.2. The summed E-state index contributed by atoms with van der Waals surface area (Å²) in [5, 5.41) is 63.3. The van der Waals surface area contributed by atoms with Crippen molar-refractivity contribution in [2.75, 3.05) is 52.6 Å². The highest BCUT2D eigenvalue weighted by Crippen LogP contribution is 2.27. The molecule has 0 saturated carbocycles. The second kappa shape index (κ2) is 42.0. The number of amides is 4. The number of nitrogens with two attached hydrogens (primary N) is 5. The predicted molar refractivity (Wildman–Crippen MR) is 349 cm³/mol. The first kappa shape index (κ1) is 77.9. The molecule has 0 radical (unpaired) electrons. The molecule has 0 aliphatic rings. The van der Waals surface area contributed by atoms with Crippen LogP contribution in [0.3, 0.4) is 0 Å². The summed E-state index contributed by atoms with van der Waals surface area (Å²) < 4.78 is 0. The number of ketones is 5. The number of hydrogen-bond donors (Lipinski definition) is 16. The summed E-state index contributed by atoms with van der Waals surface area (Å²) in [6, 6.07) is 17.6. The molecule has 512 valence electrons. The van der Waals surface area contributed by atoms with Crippen LogP contribution in [-0.4, -0.2) is 184 Å². The quantitative estimate of drug-likeness (QED) is 0.0270. The van der Waals surface area contributed by atoms with E-state index in [0.717, 1.165) is 16.5 Å². The van der Waals surface area contributed by atoms with Gasteiger partial charge in [-0.15, -0.1) is 0 Å². The van der Waals surface area contributed by atoms with Crippen LogP contribution in [0.15, 0.2) is 91.1 Å². The van der Waals surface area contributed by atoms with Gasteiger partial charge < -0.3 is 85.8 Å². The first-order chi connectivity index (χ1) is 44.6. The van der Waals surface area contributed by atoms with Gasteiger partial charge >= 0.3 is 5.97 Å². The summed E-state index contributed by atoms with van der Waals surface area (Å²) in [6.07, 6.45) is 1.84. The van der Waals surface area contributed by atoms with Crippen molar-refractivity contribution in [3.63, 3.8) is 0 Å². The standard InChI is InChI=1S/C67H99N11O15/c1-41(44(28-42-14-4-2-5-15-42)31-59(84)54(21-11-25-69)77-65(90)48(37-79)34-58(83)51(72)39-81)74-53(20-10-24-68)60(85)33-46(30-47-36-73-52-19-9-8-18-50(47)52)64(89)76-55(22-12-26-70)61(86)32-45(29-43-16-6-3-7-17-43)63(88)75-56(23-13-27-71)62(87)35-49(38-80)66(91)78-57(40-82)67(92)93/h2-9,14-19,36,41,44-46,48-49,51,53-57,73-74,79-82H,10-13,20-35,37-40,68-72H2,1H3,(H,75,88)(H,76,89)(H,77,90)(H,78,91)(H,92,93)/t41?,44-,45-,46-,48+,49+,51+,53+,54+,55+,56+,57+/m1/s1. The van der Waals surface area contributed by atoms with E-state index in [0.29, 0.717) is 30.4 Å². The molecule has 0 aliphatic heterocycles. The molecule has 4 aromatic rings. The molecule has 4 amide bonds. The van der Waals surface area contributed by atoms with Gasteiger partial charge in [-0.25, -0.2) is 4.79 Å². The van der Waals surface area contributed by atoms with Gasteiger partial charge in [-0.2, -0.15) is 0 Å². The van der Waals surface area contributed by atoms with Gasteiger partial charge in [-0.1, -0.05) is 78.9 Å². The summed E-state index contributed by atoms with van der Waals surface area (Å²) in [4.78, 5) is 142. The third-order valence-corrected chi connectivity index (χ3v) is 16.9. The fourth-order valence-corrected chi connectivity index (χ4v) is 11.2. The predicted octanol–water partition coefficient (Wildman–Crippen LogP) is -0.305. The maximum absolute atomic E-state index is 15.2. The molecule has 1 unspecified atom stereocenters. The largest absolute Gasteiger partial charge is 0.480 e. The van der Waals surface area contributed by atoms with E-state index in [9.17, 15) is 63.9 Å². The van der Waals surface area contributed by atoms with Crippen LogP contribution in [0, 0.1) is 29.6 Å². The summed E-state index contributed by atoms with van der Waals surface area (Å²) in [5.74, 6) is -12.7. The number of hydrogen-bond acceptors (Lipinski definition) is 20. The zero-order valence-corrected chi connectivity index (χ0v) is 53.3. The number of aromatic amines is 1. The number of carboxylic acids is 1. The fraction of sp³-hybridized carbons (Fsp3) is 0.552. The third-order valence-electron chi connectivity index (χ3n) is 16.9. The Labute approximate surface area is 543 Å². The van der Waals surface area contributed by atoms with Crippen molar-refractivity contribution < 1.29 is 73.5 Å². The molecule has 1 heterocycles. The molecular weight excluding hydrogens is 1200 g/mol. The van der Waals surface area contributed by atoms with E-state index in [-0.39, 0.29) is 102 Å². The number of aliphatic hydroxyl groups excluding tert-OH is 4. The van der Waals surface area contributed by atoms with Gasteiger partial charge in [0.1, 0.15) is 6.04 Å². The molecule has 4 rings (SSSR count). The minimum absolute atomic E-state index is 0.00292. The summed E-state index contributed by atoms with van der Waals surface area (Å²) >= 11 is 0. The molecular formula is C67H99N11O15. The van der Waals surface area contributed by atoms with Crippen molar-refractivity contribution in [2.45, 2.75) is 152 Å². The zero-order valence-electron chi connectivity index (χ0n) is 53.3. The van der Waals surface area contributed by atoms with E-state index < -0.39 is 165 Å². The number of para-hydroxylation sites is 1. The van der Waals surface area contributed by atoms with Crippen molar-refractivity contribution in [3.8, 4) is 0 Å². The second-order valence-corrected chi connectivity index (χ2v) is 24.0. The minimum Gasteiger partial charge on any atom is -0.480 e. The highest BCUT2D eigenvalue weighted by molar-refractivity contribution is 5.98. The normalized spacial score (nSPS) is 15.4. The molecule has 26 nitrogen and oxygen atoms in total. The number of H-pyrrole nitrogens is 1. The van der Waals surface area contributed by atoms with E-state index >= 15 is 9.59 Å². The number of aliphatic hydroxyl groups is 4. The number of fused-ring (bicyclic) bond motifs is 1. The van der Waals surface area contributed by atoms with Crippen molar-refractivity contribution in [2.24, 2.45) is 58.3 Å². The second-order valence-electron chi connectivity index (χ2n) is 24.0. The lowest BCUT2D eigenvalue weighted by Crippen LogP contribution is -2.50. The number of benzene rings is 3. The Balaban J connectivity index is 1.68. The molecule has 0 saturated heterocycles. The molecule has 26 heteroatoms. The van der Waals surface area contributed by atoms with Crippen LogP contribution < -0.4 is 55.3 Å². The van der Waals surface area contributed by atoms with Crippen LogP contribution in [-0.2, 0) is 67.2 Å². The van der Waals surface area contributed by atoms with Gasteiger partial charge in [0.05, 0.1) is 68.5 Å². The molecule has 0 aliphatic carbocycles. The van der Waals surface area contributed by atoms with Crippen LogP contribution in [0.2, 0.25) is 0 Å². The van der Waals surface area contributed by atoms with Crippen LogP contribution in [0.25, 0.3) is 10.9 Å². The Morgan fingerprint density at radius 3 is 1.28 bits per heavy atom. The van der Waals surface area contributed by atoms with Crippen LogP contribution >= 0.6 is 0 Å². The summed E-state index contributed by atoms with van der Waals surface area (Å²) in [6.45, 7) is -0.728. The molecule has 0 bridgehead atoms. The topological polar surface area (TPSA) is 478 Å². The van der Waals surface area contributed by atoms with E-state index in [4.69, 9.17) is 28.7 Å². The van der Waals surface area contributed by atoms with Gasteiger partial charge in [-0.3, -0.25) is 43.2 Å². The van der Waals surface area contributed by atoms with Crippen molar-refractivity contribution in [1.82, 2.24) is 31.6 Å². The smallest absolute Gasteiger partial charge is 0.328 e. The number of aliphatic carboxylic acids is 1. The Morgan fingerprint density at radius 2 is 0.828 bits per heavy atom. The number of nitrogens with one attached hydrogen (secondary N) is 6. The highest BCUT2D eigenvalue weighted by Gasteiger charge is 2.37. The van der Waals surface area contributed by atoms with E-state index in [1.165, 1.54) is 0 Å². The SMILES string of the molecule is CC(N[C@@H](CCCN)C(=O)C[C@@H](Cc1c[nH]c2ccccc12)C(=O)N[C@@H](CCCN)C(=O)C[C@@H](Cc1ccccc1)C(=O)N[C@@H](CCCN)C(=O)C[C@@H](CO)C(=O)N[C@@H](CO)C(=O)O)[C@@H](CC(=O)[C@H](CCCN)NC(=O)[C@H](CO)CC(=O)[C@@H](N)CO)Cc1ccccc1. The number of Topliss-reactive ketones (excluding diaryl/α,β-unsaturated/α-hetero) is 5. The van der Waals surface area contributed by atoms with Gasteiger partial charge in [-0.05, 0) is 132 Å². The lowest BCUT2D eigenvalue weighted by molar-refractivity contribution is -0.144. The number of carbonyl (C=O) groups excluding carboxylic acids is 9. The Bertz CT molecular complexity index is 3010. The minimum atomic E-state index is -1.71. The van der Waals surface area contributed by atoms with Crippen LogP contribution in [0.1, 0.15) is 107 Å². The maximum Gasteiger partial charge on any atom is 0.328 e. The summed E-state index contributed by atoms with van der Waals surface area (Å²) in [5.41, 5.74) is 32.5. The fourth-order valence-electron chi connectivity index (χ4n) is 11.2. The Morgan fingerprint density at radius 1 is 0.441 bits per heavy atom. The maximum atomic E-state index is 15.2. The van der Waals surface area contributed by atoms with Crippen molar-refractivity contribution in [1.29, 1.82) is 0 Å². The number of carboxylic acid groups (broad SMARTS) is 1. The third kappa shape index (κ3) is 26.1. The molecule has 21 N–H and O–H groups in total. The molecule has 93 heavy (non-hydrogen) atoms. The van der Waals surface area contributed by atoms with E-state index in [1.807, 2.05) is 61.5 Å². The molecule has 12 atom stereocenters. The molecule has 1 aromatic heterocycles. The Hall–Kier alpha value is -7.50. The zero-order chi connectivity index (χ0) is 68.4. The van der Waals surface area contributed by atoms with E-state index in [1.54, 1.807) is 36.5 Å². The van der Waals surface area contributed by atoms with Crippen molar-refractivity contribution in [3.05, 3.63) is 108 Å². The van der Waals surface area contributed by atoms with Gasteiger partial charge in [0, 0.05) is 67.1 Å². The van der Waals surface area contributed by atoms with E-state index in [2.05, 4.69) is 31.6 Å².